The molecule has 3 amide bonds. The zero-order valence-corrected chi connectivity index (χ0v) is 13.5. The van der Waals surface area contributed by atoms with Gasteiger partial charge in [-0.15, -0.1) is 0 Å². The molecule has 0 saturated heterocycles. The maximum absolute atomic E-state index is 12.3. The summed E-state index contributed by atoms with van der Waals surface area (Å²) in [4.78, 5) is 35.5. The number of amides is 3. The van der Waals surface area contributed by atoms with E-state index in [1.807, 2.05) is 42.5 Å². The van der Waals surface area contributed by atoms with E-state index in [2.05, 4.69) is 10.6 Å². The summed E-state index contributed by atoms with van der Waals surface area (Å²) in [5, 5.41) is 4.76. The van der Waals surface area contributed by atoms with Crippen molar-refractivity contribution in [3.63, 3.8) is 0 Å². The molecule has 0 bridgehead atoms. The highest BCUT2D eigenvalue weighted by molar-refractivity contribution is 6.00. The van der Waals surface area contributed by atoms with Gasteiger partial charge in [0.1, 0.15) is 0 Å². The summed E-state index contributed by atoms with van der Waals surface area (Å²) < 4.78 is 5.04. The molecule has 25 heavy (non-hydrogen) atoms. The molecule has 0 atom stereocenters. The molecule has 6 heteroatoms. The van der Waals surface area contributed by atoms with Gasteiger partial charge in [0.15, 0.2) is 6.61 Å². The van der Waals surface area contributed by atoms with Crippen molar-refractivity contribution in [2.45, 2.75) is 18.9 Å². The molecule has 1 saturated carbocycles. The lowest BCUT2D eigenvalue weighted by molar-refractivity contribution is -0.123. The largest absolute Gasteiger partial charge is 0.452 e. The van der Waals surface area contributed by atoms with Gasteiger partial charge in [0, 0.05) is 6.04 Å². The molecule has 128 valence electrons. The Kier molecular flexibility index (Phi) is 5.09. The van der Waals surface area contributed by atoms with E-state index >= 15 is 0 Å². The molecule has 0 heterocycles. The third-order valence-corrected chi connectivity index (χ3v) is 3.73. The molecular formula is C19H18N2O4. The van der Waals surface area contributed by atoms with E-state index in [0.717, 1.165) is 24.0 Å². The maximum atomic E-state index is 12.3. The van der Waals surface area contributed by atoms with Crippen LogP contribution in [0.5, 0.6) is 0 Å². The number of carbonyl (C=O) groups is 3. The Morgan fingerprint density at radius 1 is 0.960 bits per heavy atom. The number of benzene rings is 2. The first-order valence-corrected chi connectivity index (χ1v) is 8.05. The first-order valence-electron chi connectivity index (χ1n) is 8.05. The summed E-state index contributed by atoms with van der Waals surface area (Å²) >= 11 is 0. The average molecular weight is 338 g/mol. The predicted octanol–water partition coefficient (Wildman–Crippen LogP) is 2.50. The molecular weight excluding hydrogens is 320 g/mol. The van der Waals surface area contributed by atoms with Crippen LogP contribution >= 0.6 is 0 Å². The Morgan fingerprint density at radius 2 is 1.64 bits per heavy atom. The lowest BCUT2D eigenvalue weighted by atomic mass is 10.00. The van der Waals surface area contributed by atoms with Gasteiger partial charge in [-0.05, 0) is 30.0 Å². The molecule has 0 unspecified atom stereocenters. The van der Waals surface area contributed by atoms with Crippen molar-refractivity contribution in [3.8, 4) is 11.1 Å². The summed E-state index contributed by atoms with van der Waals surface area (Å²) in [7, 11) is 0. The summed E-state index contributed by atoms with van der Waals surface area (Å²) in [6, 6.07) is 16.0. The number of urea groups is 1. The van der Waals surface area contributed by atoms with E-state index in [-0.39, 0.29) is 6.04 Å². The zero-order valence-electron chi connectivity index (χ0n) is 13.5. The van der Waals surface area contributed by atoms with Gasteiger partial charge < -0.3 is 10.1 Å². The van der Waals surface area contributed by atoms with Gasteiger partial charge in [-0.2, -0.15) is 0 Å². The molecule has 2 aromatic carbocycles. The second-order valence-electron chi connectivity index (χ2n) is 5.78. The average Bonchev–Trinajstić information content (AvgIpc) is 3.44. The maximum Gasteiger partial charge on any atom is 0.339 e. The molecule has 2 aromatic rings. The minimum atomic E-state index is -0.663. The summed E-state index contributed by atoms with van der Waals surface area (Å²) in [5.74, 6) is -1.28. The molecule has 1 fully saturated rings. The van der Waals surface area contributed by atoms with Crippen molar-refractivity contribution < 1.29 is 19.1 Å². The van der Waals surface area contributed by atoms with Crippen LogP contribution in [0.4, 0.5) is 4.79 Å². The quantitative estimate of drug-likeness (QED) is 0.821. The molecule has 0 aliphatic heterocycles. The van der Waals surface area contributed by atoms with Gasteiger partial charge in [0.2, 0.25) is 0 Å². The van der Waals surface area contributed by atoms with E-state index in [1.165, 1.54) is 0 Å². The number of ether oxygens (including phenoxy) is 1. The lowest BCUT2D eigenvalue weighted by Gasteiger charge is -2.10. The van der Waals surface area contributed by atoms with Crippen LogP contribution in [0.25, 0.3) is 11.1 Å². The van der Waals surface area contributed by atoms with Crippen molar-refractivity contribution in [2.75, 3.05) is 6.61 Å². The molecule has 0 radical (unpaired) electrons. The predicted molar refractivity (Wildman–Crippen MR) is 91.9 cm³/mol. The van der Waals surface area contributed by atoms with E-state index in [4.69, 9.17) is 4.74 Å². The van der Waals surface area contributed by atoms with Crippen molar-refractivity contribution in [2.24, 2.45) is 0 Å². The number of hydrogen-bond donors (Lipinski definition) is 2. The van der Waals surface area contributed by atoms with Crippen LogP contribution in [0.3, 0.4) is 0 Å². The van der Waals surface area contributed by atoms with Crippen LogP contribution in [0.1, 0.15) is 23.2 Å². The number of esters is 1. The van der Waals surface area contributed by atoms with E-state index < -0.39 is 24.5 Å². The second-order valence-corrected chi connectivity index (χ2v) is 5.78. The SMILES string of the molecule is O=C(COC(=O)c1ccccc1-c1ccccc1)NC(=O)NC1CC1. The van der Waals surface area contributed by atoms with Crippen LogP contribution in [-0.4, -0.2) is 30.6 Å². The van der Waals surface area contributed by atoms with Crippen LogP contribution in [0, 0.1) is 0 Å². The Labute approximate surface area is 145 Å². The molecule has 6 nitrogen and oxygen atoms in total. The lowest BCUT2D eigenvalue weighted by Crippen LogP contribution is -2.42. The van der Waals surface area contributed by atoms with Crippen molar-refractivity contribution in [1.29, 1.82) is 0 Å². The fourth-order valence-electron chi connectivity index (χ4n) is 2.35. The third-order valence-electron chi connectivity index (χ3n) is 3.73. The van der Waals surface area contributed by atoms with Crippen LogP contribution < -0.4 is 10.6 Å². The van der Waals surface area contributed by atoms with Gasteiger partial charge in [0.25, 0.3) is 5.91 Å². The number of nitrogens with one attached hydrogen (secondary N) is 2. The van der Waals surface area contributed by atoms with Gasteiger partial charge >= 0.3 is 12.0 Å². The smallest absolute Gasteiger partial charge is 0.339 e. The normalized spacial score (nSPS) is 13.0. The summed E-state index contributed by atoms with van der Waals surface area (Å²) in [5.41, 5.74) is 1.97. The molecule has 0 aromatic heterocycles. The van der Waals surface area contributed by atoms with Crippen molar-refractivity contribution in [3.05, 3.63) is 60.2 Å². The minimum absolute atomic E-state index is 0.146. The molecule has 3 rings (SSSR count). The second kappa shape index (κ2) is 7.61. The highest BCUT2D eigenvalue weighted by Gasteiger charge is 2.24. The molecule has 1 aliphatic carbocycles. The van der Waals surface area contributed by atoms with E-state index in [9.17, 15) is 14.4 Å². The van der Waals surface area contributed by atoms with Crippen molar-refractivity contribution in [1.82, 2.24) is 10.6 Å². The number of rotatable bonds is 5. The monoisotopic (exact) mass is 338 g/mol. The van der Waals surface area contributed by atoms with E-state index in [0.29, 0.717) is 5.56 Å². The zero-order chi connectivity index (χ0) is 17.6. The standard InChI is InChI=1S/C19H18N2O4/c22-17(21-19(24)20-14-10-11-14)12-25-18(23)16-9-5-4-8-15(16)13-6-2-1-3-7-13/h1-9,14H,10-12H2,(H2,20,21,22,24). The van der Waals surface area contributed by atoms with Gasteiger partial charge in [-0.3, -0.25) is 10.1 Å². The summed E-state index contributed by atoms with van der Waals surface area (Å²) in [6.45, 7) is -0.514. The van der Waals surface area contributed by atoms with E-state index in [1.54, 1.807) is 12.1 Å². The molecule has 2 N–H and O–H groups in total. The fraction of sp³-hybridized carbons (Fsp3) is 0.211. The topological polar surface area (TPSA) is 84.5 Å². The third kappa shape index (κ3) is 4.67. The summed E-state index contributed by atoms with van der Waals surface area (Å²) in [6.07, 6.45) is 1.85. The first-order chi connectivity index (χ1) is 12.1. The number of hydrogen-bond acceptors (Lipinski definition) is 4. The van der Waals surface area contributed by atoms with Crippen LogP contribution in [-0.2, 0) is 9.53 Å². The van der Waals surface area contributed by atoms with Crippen LogP contribution in [0.15, 0.2) is 54.6 Å². The molecule has 0 spiro atoms. The Bertz CT molecular complexity index is 785. The minimum Gasteiger partial charge on any atom is -0.452 e. The molecule has 1 aliphatic rings. The van der Waals surface area contributed by atoms with Gasteiger partial charge in [-0.25, -0.2) is 9.59 Å². The highest BCUT2D eigenvalue weighted by atomic mass is 16.5. The van der Waals surface area contributed by atoms with Gasteiger partial charge in [0.05, 0.1) is 5.56 Å². The fourth-order valence-corrected chi connectivity index (χ4v) is 2.35. The Balaban J connectivity index is 1.60. The van der Waals surface area contributed by atoms with Crippen LogP contribution in [0.2, 0.25) is 0 Å². The Hall–Kier alpha value is -3.15. The highest BCUT2D eigenvalue weighted by Crippen LogP contribution is 2.24. The Morgan fingerprint density at radius 3 is 2.36 bits per heavy atom. The van der Waals surface area contributed by atoms with Crippen molar-refractivity contribution >= 4 is 17.9 Å². The number of imide groups is 1. The van der Waals surface area contributed by atoms with Gasteiger partial charge in [-0.1, -0.05) is 48.5 Å². The number of carbonyl (C=O) groups excluding carboxylic acids is 3. The first kappa shape index (κ1) is 16.7.